The second kappa shape index (κ2) is 10.3. The molecule has 140 valence electrons. The Bertz CT molecular complexity index is 535. The summed E-state index contributed by atoms with van der Waals surface area (Å²) in [5.74, 6) is 1.67. The zero-order chi connectivity index (χ0) is 18.1. The van der Waals surface area contributed by atoms with E-state index in [-0.39, 0.29) is 0 Å². The van der Waals surface area contributed by atoms with Gasteiger partial charge in [0.05, 0.1) is 0 Å². The first-order chi connectivity index (χ1) is 12.1. The Hall–Kier alpha value is -1.75. The van der Waals surface area contributed by atoms with Gasteiger partial charge in [-0.15, -0.1) is 0 Å². The number of aliphatic imine (C=N–C) groups is 1. The number of hydrogen-bond acceptors (Lipinski definition) is 3. The second-order valence-corrected chi connectivity index (χ2v) is 7.05. The molecule has 0 atom stereocenters. The zero-order valence-electron chi connectivity index (χ0n) is 16.4. The zero-order valence-corrected chi connectivity index (χ0v) is 16.4. The van der Waals surface area contributed by atoms with Gasteiger partial charge in [-0.3, -0.25) is 4.99 Å². The fraction of sp³-hybridized carbons (Fsp3) is 0.650. The number of aryl methyl sites for hydroxylation is 1. The van der Waals surface area contributed by atoms with Crippen molar-refractivity contribution < 1.29 is 0 Å². The van der Waals surface area contributed by atoms with Gasteiger partial charge in [-0.2, -0.15) is 0 Å². The van der Waals surface area contributed by atoms with Gasteiger partial charge < -0.3 is 20.4 Å². The predicted molar refractivity (Wildman–Crippen MR) is 109 cm³/mol. The van der Waals surface area contributed by atoms with E-state index in [1.807, 2.05) is 7.05 Å². The Kier molecular flexibility index (Phi) is 8.06. The van der Waals surface area contributed by atoms with Crippen molar-refractivity contribution in [3.8, 4) is 0 Å². The highest BCUT2D eigenvalue weighted by molar-refractivity contribution is 5.79. The number of benzene rings is 1. The monoisotopic (exact) mass is 345 g/mol. The molecule has 5 heteroatoms. The van der Waals surface area contributed by atoms with Crippen LogP contribution in [0.1, 0.15) is 25.3 Å². The van der Waals surface area contributed by atoms with Crippen molar-refractivity contribution in [1.29, 1.82) is 0 Å². The lowest BCUT2D eigenvalue weighted by molar-refractivity contribution is 0.220. The fourth-order valence-corrected chi connectivity index (χ4v) is 3.33. The minimum Gasteiger partial charge on any atom is -0.370 e. The normalized spacial score (nSPS) is 16.7. The summed E-state index contributed by atoms with van der Waals surface area (Å²) in [6, 6.07) is 8.70. The van der Waals surface area contributed by atoms with Crippen molar-refractivity contribution in [2.45, 2.75) is 26.7 Å². The van der Waals surface area contributed by atoms with Gasteiger partial charge in [0.1, 0.15) is 0 Å². The maximum absolute atomic E-state index is 4.36. The number of hydrogen-bond donors (Lipinski definition) is 2. The minimum atomic E-state index is 0.759. The van der Waals surface area contributed by atoms with Crippen LogP contribution in [-0.2, 0) is 0 Å². The molecule has 0 bridgehead atoms. The summed E-state index contributed by atoms with van der Waals surface area (Å²) < 4.78 is 0. The van der Waals surface area contributed by atoms with Crippen LogP contribution >= 0.6 is 0 Å². The van der Waals surface area contributed by atoms with Crippen LogP contribution in [0.3, 0.4) is 0 Å². The topological polar surface area (TPSA) is 42.9 Å². The van der Waals surface area contributed by atoms with Crippen LogP contribution in [0.15, 0.2) is 29.3 Å². The molecule has 0 aliphatic carbocycles. The van der Waals surface area contributed by atoms with Crippen LogP contribution in [0.25, 0.3) is 0 Å². The molecule has 2 N–H and O–H groups in total. The lowest BCUT2D eigenvalue weighted by Crippen LogP contribution is -2.44. The molecule has 0 aromatic heterocycles. The summed E-state index contributed by atoms with van der Waals surface area (Å²) >= 11 is 0. The highest BCUT2D eigenvalue weighted by atomic mass is 15.2. The first-order valence-electron chi connectivity index (χ1n) is 9.57. The van der Waals surface area contributed by atoms with E-state index < -0.39 is 0 Å². The summed E-state index contributed by atoms with van der Waals surface area (Å²) in [6.07, 6.45) is 2.55. The molecule has 0 saturated carbocycles. The molecule has 1 heterocycles. The summed E-state index contributed by atoms with van der Waals surface area (Å²) in [5, 5.41) is 6.95. The van der Waals surface area contributed by atoms with Crippen molar-refractivity contribution in [3.63, 3.8) is 0 Å². The Morgan fingerprint density at radius 2 is 2.04 bits per heavy atom. The maximum atomic E-state index is 4.36. The number of nitrogens with zero attached hydrogens (tertiary/aromatic N) is 3. The third kappa shape index (κ3) is 6.58. The number of guanidine groups is 1. The number of piperidine rings is 1. The molecule has 1 aliphatic heterocycles. The standard InChI is InChI=1S/C20H35N5/c1-5-25(19-8-6-7-17(2)15-19)14-11-22-20(21-3)23-16-18-9-12-24(4)13-10-18/h6-8,15,18H,5,9-14,16H2,1-4H3,(H2,21,22,23). The lowest BCUT2D eigenvalue weighted by atomic mass is 9.97. The molecule has 1 fully saturated rings. The number of nitrogens with one attached hydrogen (secondary N) is 2. The largest absolute Gasteiger partial charge is 0.370 e. The van der Waals surface area contributed by atoms with E-state index in [1.165, 1.54) is 37.2 Å². The summed E-state index contributed by atoms with van der Waals surface area (Å²) in [5.41, 5.74) is 2.60. The molecular weight excluding hydrogens is 310 g/mol. The van der Waals surface area contributed by atoms with Crippen LogP contribution in [-0.4, -0.2) is 64.2 Å². The van der Waals surface area contributed by atoms with Gasteiger partial charge in [0.25, 0.3) is 0 Å². The van der Waals surface area contributed by atoms with E-state index >= 15 is 0 Å². The van der Waals surface area contributed by atoms with Crippen LogP contribution in [0.5, 0.6) is 0 Å². The van der Waals surface area contributed by atoms with Crippen LogP contribution < -0.4 is 15.5 Å². The third-order valence-corrected chi connectivity index (χ3v) is 5.04. The fourth-order valence-electron chi connectivity index (χ4n) is 3.33. The second-order valence-electron chi connectivity index (χ2n) is 7.05. The summed E-state index contributed by atoms with van der Waals surface area (Å²) in [7, 11) is 4.06. The first kappa shape index (κ1) is 19.6. The van der Waals surface area contributed by atoms with Crippen molar-refractivity contribution in [2.24, 2.45) is 10.9 Å². The van der Waals surface area contributed by atoms with Gasteiger partial charge in [-0.05, 0) is 70.4 Å². The molecule has 5 nitrogen and oxygen atoms in total. The number of likely N-dealkylation sites (N-methyl/N-ethyl adjacent to an activating group) is 1. The predicted octanol–water partition coefficient (Wildman–Crippen LogP) is 2.33. The maximum Gasteiger partial charge on any atom is 0.191 e. The average molecular weight is 346 g/mol. The molecule has 2 rings (SSSR count). The number of likely N-dealkylation sites (tertiary alicyclic amines) is 1. The van der Waals surface area contributed by atoms with E-state index in [1.54, 1.807) is 0 Å². The third-order valence-electron chi connectivity index (χ3n) is 5.04. The van der Waals surface area contributed by atoms with Crippen LogP contribution in [0.4, 0.5) is 5.69 Å². The van der Waals surface area contributed by atoms with Crippen molar-refractivity contribution in [1.82, 2.24) is 15.5 Å². The van der Waals surface area contributed by atoms with Crippen molar-refractivity contribution in [2.75, 3.05) is 58.3 Å². The Morgan fingerprint density at radius 1 is 1.28 bits per heavy atom. The van der Waals surface area contributed by atoms with Crippen molar-refractivity contribution in [3.05, 3.63) is 29.8 Å². The molecule has 1 aliphatic rings. The molecule has 0 radical (unpaired) electrons. The average Bonchev–Trinajstić information content (AvgIpc) is 2.62. The molecule has 1 saturated heterocycles. The first-order valence-corrected chi connectivity index (χ1v) is 9.57. The Labute approximate surface area is 153 Å². The van der Waals surface area contributed by atoms with E-state index in [2.05, 4.69) is 70.6 Å². The molecule has 0 unspecified atom stereocenters. The molecule has 0 spiro atoms. The summed E-state index contributed by atoms with van der Waals surface area (Å²) in [6.45, 7) is 10.6. The van der Waals surface area contributed by atoms with Gasteiger partial charge in [0.2, 0.25) is 0 Å². The van der Waals surface area contributed by atoms with E-state index in [0.29, 0.717) is 0 Å². The number of anilines is 1. The molecular formula is C20H35N5. The molecule has 1 aromatic carbocycles. The Morgan fingerprint density at radius 3 is 2.68 bits per heavy atom. The van der Waals surface area contributed by atoms with Gasteiger partial charge in [0.15, 0.2) is 5.96 Å². The van der Waals surface area contributed by atoms with Crippen LogP contribution in [0.2, 0.25) is 0 Å². The van der Waals surface area contributed by atoms with Crippen LogP contribution in [0, 0.1) is 12.8 Å². The van der Waals surface area contributed by atoms with Gasteiger partial charge in [-0.1, -0.05) is 12.1 Å². The number of rotatable bonds is 7. The van der Waals surface area contributed by atoms with E-state index in [0.717, 1.165) is 38.1 Å². The smallest absolute Gasteiger partial charge is 0.191 e. The molecule has 1 aromatic rings. The highest BCUT2D eigenvalue weighted by Gasteiger charge is 2.16. The summed E-state index contributed by atoms with van der Waals surface area (Å²) in [4.78, 5) is 9.17. The quantitative estimate of drug-likeness (QED) is 0.588. The minimum absolute atomic E-state index is 0.759. The van der Waals surface area contributed by atoms with E-state index in [9.17, 15) is 0 Å². The van der Waals surface area contributed by atoms with E-state index in [4.69, 9.17) is 0 Å². The van der Waals surface area contributed by atoms with Crippen molar-refractivity contribution >= 4 is 11.6 Å². The molecule has 25 heavy (non-hydrogen) atoms. The highest BCUT2D eigenvalue weighted by Crippen LogP contribution is 2.15. The molecule has 0 amide bonds. The van der Waals surface area contributed by atoms with Gasteiger partial charge >= 0.3 is 0 Å². The van der Waals surface area contributed by atoms with Gasteiger partial charge in [-0.25, -0.2) is 0 Å². The Balaban J connectivity index is 1.72. The SMILES string of the molecule is CCN(CCNC(=NC)NCC1CCN(C)CC1)c1cccc(C)c1. The van der Waals surface area contributed by atoms with Gasteiger partial charge in [0, 0.05) is 38.9 Å². The lowest BCUT2D eigenvalue weighted by Gasteiger charge is -2.29.